The van der Waals surface area contributed by atoms with E-state index >= 15 is 0 Å². The van der Waals surface area contributed by atoms with Gasteiger partial charge in [-0.15, -0.1) is 0 Å². The molecule has 0 bridgehead atoms. The Morgan fingerprint density at radius 1 is 1.24 bits per heavy atom. The van der Waals surface area contributed by atoms with Gasteiger partial charge in [-0.25, -0.2) is 22.7 Å². The SMILES string of the molecule is CCOC(=O)c1c(C)[nH]c(C(=O)COC(=O)C=Cc2c(C)nn(C3CCS(=O)(=O)C3)c2Cl)c1C. The van der Waals surface area contributed by atoms with Crippen LogP contribution in [0.3, 0.4) is 0 Å². The van der Waals surface area contributed by atoms with E-state index in [0.717, 1.165) is 6.08 Å². The van der Waals surface area contributed by atoms with Crippen LogP contribution in [0.25, 0.3) is 6.08 Å². The summed E-state index contributed by atoms with van der Waals surface area (Å²) in [6, 6.07) is -0.352. The van der Waals surface area contributed by atoms with Gasteiger partial charge in [0.15, 0.2) is 16.4 Å². The second kappa shape index (κ2) is 10.1. The topological polar surface area (TPSA) is 137 Å². The van der Waals surface area contributed by atoms with Crippen LogP contribution in [-0.4, -0.2) is 65.6 Å². The van der Waals surface area contributed by atoms with E-state index in [1.165, 1.54) is 10.8 Å². The molecule has 12 heteroatoms. The number of hydrogen-bond donors (Lipinski definition) is 1. The molecule has 1 saturated heterocycles. The number of halogens is 1. The molecule has 3 rings (SSSR count). The van der Waals surface area contributed by atoms with E-state index < -0.39 is 34.2 Å². The molecular formula is C22H26ClN3O7S. The van der Waals surface area contributed by atoms with Crippen LogP contribution in [0.5, 0.6) is 0 Å². The molecule has 3 heterocycles. The number of H-pyrrole nitrogens is 1. The van der Waals surface area contributed by atoms with Crippen LogP contribution in [0.4, 0.5) is 0 Å². The summed E-state index contributed by atoms with van der Waals surface area (Å²) >= 11 is 6.38. The normalized spacial score (nSPS) is 17.3. The molecule has 2 aromatic heterocycles. The van der Waals surface area contributed by atoms with Crippen LogP contribution in [0.15, 0.2) is 6.08 Å². The van der Waals surface area contributed by atoms with Crippen LogP contribution in [0.2, 0.25) is 5.15 Å². The number of ketones is 1. The van der Waals surface area contributed by atoms with Crippen molar-refractivity contribution in [3.8, 4) is 0 Å². The fraction of sp³-hybridized carbons (Fsp3) is 0.455. The molecule has 0 spiro atoms. The largest absolute Gasteiger partial charge is 0.462 e. The lowest BCUT2D eigenvalue weighted by Crippen LogP contribution is -2.14. The first-order chi connectivity index (χ1) is 15.9. The number of nitrogens with one attached hydrogen (secondary N) is 1. The maximum Gasteiger partial charge on any atom is 0.340 e. The molecular weight excluding hydrogens is 486 g/mol. The Hall–Kier alpha value is -2.92. The standard InChI is InChI=1S/C22H26ClN3O7S/c1-5-32-22(29)19-12(2)20(24-14(19)4)17(27)10-33-18(28)7-6-16-13(3)25-26(21(16)23)15-8-9-34(30,31)11-15/h6-7,15,24H,5,8-11H2,1-4H3. The molecule has 0 saturated carbocycles. The number of ether oxygens (including phenoxy) is 2. The number of nitrogens with zero attached hydrogens (tertiary/aromatic N) is 2. The van der Waals surface area contributed by atoms with Crippen molar-refractivity contribution >= 4 is 45.2 Å². The fourth-order valence-electron chi connectivity index (χ4n) is 3.88. The summed E-state index contributed by atoms with van der Waals surface area (Å²) < 4.78 is 35.0. The minimum Gasteiger partial charge on any atom is -0.462 e. The molecule has 1 aliphatic heterocycles. The molecule has 184 valence electrons. The van der Waals surface area contributed by atoms with Gasteiger partial charge in [-0.1, -0.05) is 11.6 Å². The average Bonchev–Trinajstić information content (AvgIpc) is 3.37. The lowest BCUT2D eigenvalue weighted by atomic mass is 10.1. The average molecular weight is 512 g/mol. The second-order valence-electron chi connectivity index (χ2n) is 8.00. The highest BCUT2D eigenvalue weighted by atomic mass is 35.5. The van der Waals surface area contributed by atoms with E-state index in [2.05, 4.69) is 10.1 Å². The lowest BCUT2D eigenvalue weighted by molar-refractivity contribution is -0.136. The molecule has 10 nitrogen and oxygen atoms in total. The van der Waals surface area contributed by atoms with Gasteiger partial charge < -0.3 is 14.5 Å². The smallest absolute Gasteiger partial charge is 0.340 e. The number of aromatic nitrogens is 3. The van der Waals surface area contributed by atoms with E-state index in [1.54, 1.807) is 27.7 Å². The van der Waals surface area contributed by atoms with E-state index in [1.807, 2.05) is 0 Å². The molecule has 0 amide bonds. The number of esters is 2. The predicted molar refractivity (Wildman–Crippen MR) is 125 cm³/mol. The van der Waals surface area contributed by atoms with Crippen molar-refractivity contribution < 1.29 is 32.3 Å². The van der Waals surface area contributed by atoms with Gasteiger partial charge in [-0.3, -0.25) is 4.79 Å². The van der Waals surface area contributed by atoms with Crippen LogP contribution < -0.4 is 0 Å². The van der Waals surface area contributed by atoms with Gasteiger partial charge in [0, 0.05) is 17.3 Å². The van der Waals surface area contributed by atoms with Crippen LogP contribution in [-0.2, 0) is 24.1 Å². The van der Waals surface area contributed by atoms with Gasteiger partial charge in [-0.2, -0.15) is 5.10 Å². The van der Waals surface area contributed by atoms with Gasteiger partial charge in [0.2, 0.25) is 5.78 Å². The van der Waals surface area contributed by atoms with Gasteiger partial charge in [0.25, 0.3) is 0 Å². The second-order valence-corrected chi connectivity index (χ2v) is 10.6. The number of aryl methyl sites for hydroxylation is 2. The van der Waals surface area contributed by atoms with E-state index in [9.17, 15) is 22.8 Å². The van der Waals surface area contributed by atoms with Crippen molar-refractivity contribution in [1.29, 1.82) is 0 Å². The highest BCUT2D eigenvalue weighted by molar-refractivity contribution is 7.91. The van der Waals surface area contributed by atoms with Gasteiger partial charge in [0.05, 0.1) is 41.1 Å². The third kappa shape index (κ3) is 5.41. The molecule has 34 heavy (non-hydrogen) atoms. The van der Waals surface area contributed by atoms with E-state index in [4.69, 9.17) is 21.1 Å². The molecule has 1 N–H and O–H groups in total. The molecule has 0 radical (unpaired) electrons. The first kappa shape index (κ1) is 25.7. The third-order valence-electron chi connectivity index (χ3n) is 5.55. The van der Waals surface area contributed by atoms with Crippen molar-refractivity contribution in [2.45, 2.75) is 40.2 Å². The Kier molecular flexibility index (Phi) is 7.67. The number of hydrogen-bond acceptors (Lipinski definition) is 8. The molecule has 1 atom stereocenters. The number of Topliss-reactive ketones (excluding diaryl/α,β-unsaturated/α-hetero) is 1. The van der Waals surface area contributed by atoms with Crippen LogP contribution >= 0.6 is 11.6 Å². The number of carbonyl (C=O) groups is 3. The highest BCUT2D eigenvalue weighted by Gasteiger charge is 2.32. The quantitative estimate of drug-likeness (QED) is 0.324. The molecule has 1 fully saturated rings. The number of carbonyl (C=O) groups excluding carboxylic acids is 3. The zero-order valence-electron chi connectivity index (χ0n) is 19.3. The van der Waals surface area contributed by atoms with Gasteiger partial charge >= 0.3 is 11.9 Å². The Bertz CT molecular complexity index is 1270. The molecule has 1 unspecified atom stereocenters. The summed E-state index contributed by atoms with van der Waals surface area (Å²) in [5.74, 6) is -1.75. The third-order valence-corrected chi connectivity index (χ3v) is 7.68. The fourth-order valence-corrected chi connectivity index (χ4v) is 5.95. The monoisotopic (exact) mass is 511 g/mol. The Labute approximate surface area is 202 Å². The molecule has 0 aromatic carbocycles. The van der Waals surface area contributed by atoms with Crippen LogP contribution in [0.1, 0.15) is 62.7 Å². The summed E-state index contributed by atoms with van der Waals surface area (Å²) in [4.78, 5) is 39.6. The summed E-state index contributed by atoms with van der Waals surface area (Å²) in [5.41, 5.74) is 2.36. The number of aromatic amines is 1. The first-order valence-electron chi connectivity index (χ1n) is 10.6. The zero-order chi connectivity index (χ0) is 25.2. The molecule has 0 aliphatic carbocycles. The van der Waals surface area contributed by atoms with Gasteiger partial charge in [-0.05, 0) is 45.8 Å². The zero-order valence-corrected chi connectivity index (χ0v) is 20.9. The maximum atomic E-state index is 12.5. The summed E-state index contributed by atoms with van der Waals surface area (Å²) in [7, 11) is -3.11. The summed E-state index contributed by atoms with van der Waals surface area (Å²) in [5, 5.41) is 4.54. The Morgan fingerprint density at radius 3 is 2.56 bits per heavy atom. The van der Waals surface area contributed by atoms with Crippen molar-refractivity contribution in [2.24, 2.45) is 0 Å². The Balaban J connectivity index is 1.65. The van der Waals surface area contributed by atoms with Crippen molar-refractivity contribution in [3.05, 3.63) is 45.0 Å². The predicted octanol–water partition coefficient (Wildman–Crippen LogP) is 2.77. The minimum atomic E-state index is -3.11. The minimum absolute atomic E-state index is 0.0311. The van der Waals surface area contributed by atoms with E-state index in [-0.39, 0.29) is 40.6 Å². The highest BCUT2D eigenvalue weighted by Crippen LogP contribution is 2.30. The van der Waals surface area contributed by atoms with Gasteiger partial charge in [0.1, 0.15) is 5.15 Å². The summed E-state index contributed by atoms with van der Waals surface area (Å²) in [6.45, 7) is 6.32. The maximum absolute atomic E-state index is 12.5. The van der Waals surface area contributed by atoms with Crippen molar-refractivity contribution in [3.63, 3.8) is 0 Å². The number of rotatable bonds is 8. The Morgan fingerprint density at radius 2 is 1.94 bits per heavy atom. The molecule has 2 aromatic rings. The lowest BCUT2D eigenvalue weighted by Gasteiger charge is -2.09. The molecule has 1 aliphatic rings. The van der Waals surface area contributed by atoms with Crippen molar-refractivity contribution in [2.75, 3.05) is 24.7 Å². The van der Waals surface area contributed by atoms with E-state index in [0.29, 0.717) is 28.9 Å². The number of sulfone groups is 1. The first-order valence-corrected chi connectivity index (χ1v) is 12.8. The van der Waals surface area contributed by atoms with Crippen LogP contribution in [0, 0.1) is 20.8 Å². The van der Waals surface area contributed by atoms with Crippen molar-refractivity contribution in [1.82, 2.24) is 14.8 Å². The summed E-state index contributed by atoms with van der Waals surface area (Å²) in [6.07, 6.45) is 2.96.